The minimum atomic E-state index is -0.544. The average molecular weight is 275 g/mol. The van der Waals surface area contributed by atoms with Gasteiger partial charge in [-0.25, -0.2) is 4.79 Å². The Morgan fingerprint density at radius 2 is 2.15 bits per heavy atom. The van der Waals surface area contributed by atoms with E-state index in [1.807, 2.05) is 32.9 Å². The molecule has 0 aromatic carbocycles. The van der Waals surface area contributed by atoms with E-state index in [0.29, 0.717) is 6.42 Å². The maximum absolute atomic E-state index is 12.3. The van der Waals surface area contributed by atoms with Crippen molar-refractivity contribution in [3.8, 4) is 0 Å². The van der Waals surface area contributed by atoms with E-state index in [1.165, 1.54) is 11.0 Å². The summed E-state index contributed by atoms with van der Waals surface area (Å²) in [5.41, 5.74) is 0.564. The van der Waals surface area contributed by atoms with Crippen LogP contribution in [-0.2, 0) is 9.53 Å². The van der Waals surface area contributed by atoms with Gasteiger partial charge in [-0.05, 0) is 45.3 Å². The van der Waals surface area contributed by atoms with Gasteiger partial charge in [0.15, 0.2) is 5.78 Å². The van der Waals surface area contributed by atoms with Gasteiger partial charge < -0.3 is 4.74 Å². The second-order valence-corrected chi connectivity index (χ2v) is 6.10. The van der Waals surface area contributed by atoms with Crippen LogP contribution in [0.5, 0.6) is 0 Å². The Balaban J connectivity index is 2.21. The van der Waals surface area contributed by atoms with Crippen LogP contribution in [-0.4, -0.2) is 28.4 Å². The first kappa shape index (κ1) is 14.6. The van der Waals surface area contributed by atoms with E-state index in [2.05, 4.69) is 6.08 Å². The Hall–Kier alpha value is -1.84. The molecule has 4 nitrogen and oxygen atoms in total. The number of ether oxygens (including phenoxy) is 1. The number of hydrogen-bond donors (Lipinski definition) is 0. The molecule has 1 amide bonds. The fraction of sp³-hybridized carbons (Fsp3) is 0.500. The van der Waals surface area contributed by atoms with Crippen molar-refractivity contribution >= 4 is 11.9 Å². The molecule has 1 heterocycles. The van der Waals surface area contributed by atoms with Gasteiger partial charge in [-0.15, -0.1) is 0 Å². The zero-order valence-electron chi connectivity index (χ0n) is 12.3. The van der Waals surface area contributed by atoms with Crippen LogP contribution in [0.4, 0.5) is 4.79 Å². The van der Waals surface area contributed by atoms with E-state index in [4.69, 9.17) is 4.74 Å². The fourth-order valence-electron chi connectivity index (χ4n) is 2.34. The second kappa shape index (κ2) is 5.65. The maximum atomic E-state index is 12.3. The number of carbonyl (C=O) groups excluding carboxylic acids is 2. The van der Waals surface area contributed by atoms with E-state index in [9.17, 15) is 9.59 Å². The van der Waals surface area contributed by atoms with E-state index in [-0.39, 0.29) is 11.8 Å². The van der Waals surface area contributed by atoms with Gasteiger partial charge >= 0.3 is 6.09 Å². The Morgan fingerprint density at radius 3 is 2.75 bits per heavy atom. The second-order valence-electron chi connectivity index (χ2n) is 6.10. The average Bonchev–Trinajstić information content (AvgIpc) is 2.37. The lowest BCUT2D eigenvalue weighted by molar-refractivity contribution is -0.116. The Bertz CT molecular complexity index is 494. The van der Waals surface area contributed by atoms with Crippen molar-refractivity contribution in [2.45, 2.75) is 51.7 Å². The molecule has 2 rings (SSSR count). The van der Waals surface area contributed by atoms with Crippen LogP contribution in [0.25, 0.3) is 0 Å². The number of nitrogens with zero attached hydrogens (tertiary/aromatic N) is 1. The molecule has 0 bridgehead atoms. The summed E-state index contributed by atoms with van der Waals surface area (Å²) < 4.78 is 5.41. The first-order chi connectivity index (χ1) is 9.37. The molecule has 2 aliphatic rings. The Morgan fingerprint density at radius 1 is 1.40 bits per heavy atom. The van der Waals surface area contributed by atoms with Crippen LogP contribution in [0.1, 0.15) is 40.0 Å². The third-order valence-electron chi connectivity index (χ3n) is 3.23. The van der Waals surface area contributed by atoms with E-state index < -0.39 is 11.7 Å². The minimum absolute atomic E-state index is 0.0465. The third-order valence-corrected chi connectivity index (χ3v) is 3.23. The van der Waals surface area contributed by atoms with Crippen LogP contribution in [0.3, 0.4) is 0 Å². The van der Waals surface area contributed by atoms with Crippen LogP contribution >= 0.6 is 0 Å². The third kappa shape index (κ3) is 3.59. The van der Waals surface area contributed by atoms with Gasteiger partial charge in [-0.2, -0.15) is 0 Å². The highest BCUT2D eigenvalue weighted by atomic mass is 16.6. The summed E-state index contributed by atoms with van der Waals surface area (Å²) in [6, 6.07) is -0.215. The molecule has 0 aromatic rings. The first-order valence-electron chi connectivity index (χ1n) is 6.95. The molecule has 0 N–H and O–H groups in total. The lowest BCUT2D eigenvalue weighted by Gasteiger charge is -2.34. The normalized spacial score (nSPS) is 22.8. The van der Waals surface area contributed by atoms with Crippen molar-refractivity contribution < 1.29 is 14.3 Å². The molecule has 108 valence electrons. The van der Waals surface area contributed by atoms with Crippen molar-refractivity contribution in [1.29, 1.82) is 0 Å². The minimum Gasteiger partial charge on any atom is -0.443 e. The Labute approximate surface area is 119 Å². The molecule has 0 saturated heterocycles. The largest absolute Gasteiger partial charge is 0.443 e. The summed E-state index contributed by atoms with van der Waals surface area (Å²) in [6.45, 7) is 5.50. The molecule has 4 heteroatoms. The molecule has 0 saturated carbocycles. The van der Waals surface area contributed by atoms with Gasteiger partial charge in [0.05, 0.1) is 6.04 Å². The van der Waals surface area contributed by atoms with E-state index in [0.717, 1.165) is 18.4 Å². The zero-order chi connectivity index (χ0) is 14.8. The zero-order valence-corrected chi connectivity index (χ0v) is 12.3. The van der Waals surface area contributed by atoms with Gasteiger partial charge in [0.1, 0.15) is 5.60 Å². The summed E-state index contributed by atoms with van der Waals surface area (Å²) in [5, 5.41) is 0. The van der Waals surface area contributed by atoms with Gasteiger partial charge in [-0.1, -0.05) is 18.2 Å². The number of allylic oxidation sites excluding steroid dienone is 4. The fourth-order valence-corrected chi connectivity index (χ4v) is 2.34. The topological polar surface area (TPSA) is 46.6 Å². The lowest BCUT2D eigenvalue weighted by Crippen LogP contribution is -2.44. The number of amides is 1. The van der Waals surface area contributed by atoms with Gasteiger partial charge in [0.2, 0.25) is 0 Å². The summed E-state index contributed by atoms with van der Waals surface area (Å²) in [7, 11) is 0. The van der Waals surface area contributed by atoms with Crippen molar-refractivity contribution in [1.82, 2.24) is 4.90 Å². The molecule has 20 heavy (non-hydrogen) atoms. The summed E-state index contributed by atoms with van der Waals surface area (Å²) >= 11 is 0. The lowest BCUT2D eigenvalue weighted by atomic mass is 9.92. The molecule has 0 fully saturated rings. The van der Waals surface area contributed by atoms with Crippen LogP contribution < -0.4 is 0 Å². The summed E-state index contributed by atoms with van der Waals surface area (Å²) in [6.07, 6.45) is 10.8. The van der Waals surface area contributed by atoms with Gasteiger partial charge in [0.25, 0.3) is 0 Å². The van der Waals surface area contributed by atoms with Gasteiger partial charge in [0, 0.05) is 12.6 Å². The monoisotopic (exact) mass is 275 g/mol. The van der Waals surface area contributed by atoms with Crippen molar-refractivity contribution in [3.63, 3.8) is 0 Å². The number of carbonyl (C=O) groups is 2. The predicted octanol–water partition coefficient (Wildman–Crippen LogP) is 3.36. The number of rotatable bonds is 1. The SMILES string of the molecule is CC(C)(C)OC(=O)N1C=CC(=O)CC1C1=CC=CCC1. The molecule has 1 unspecified atom stereocenters. The highest BCUT2D eigenvalue weighted by Crippen LogP contribution is 2.27. The molecular weight excluding hydrogens is 254 g/mol. The molecule has 0 aromatic heterocycles. The van der Waals surface area contributed by atoms with Crippen LogP contribution in [0.15, 0.2) is 36.1 Å². The predicted molar refractivity (Wildman–Crippen MR) is 77.1 cm³/mol. The van der Waals surface area contributed by atoms with Gasteiger partial charge in [-0.3, -0.25) is 9.69 Å². The maximum Gasteiger partial charge on any atom is 0.414 e. The number of ketones is 1. The quantitative estimate of drug-likeness (QED) is 0.737. The summed E-state index contributed by atoms with van der Waals surface area (Å²) in [4.78, 5) is 25.5. The van der Waals surface area contributed by atoms with E-state index >= 15 is 0 Å². The molecule has 0 radical (unpaired) electrons. The highest BCUT2D eigenvalue weighted by molar-refractivity contribution is 5.92. The Kier molecular flexibility index (Phi) is 4.12. The molecule has 0 spiro atoms. The molecule has 1 aliphatic carbocycles. The molecular formula is C16H21NO3. The van der Waals surface area contributed by atoms with Crippen molar-refractivity contribution in [2.24, 2.45) is 0 Å². The van der Waals surface area contributed by atoms with Crippen molar-refractivity contribution in [2.75, 3.05) is 0 Å². The van der Waals surface area contributed by atoms with Crippen LogP contribution in [0, 0.1) is 0 Å². The first-order valence-corrected chi connectivity index (χ1v) is 6.95. The smallest absolute Gasteiger partial charge is 0.414 e. The number of hydrogen-bond acceptors (Lipinski definition) is 3. The highest BCUT2D eigenvalue weighted by Gasteiger charge is 2.32. The molecule has 1 aliphatic heterocycles. The van der Waals surface area contributed by atoms with Crippen molar-refractivity contribution in [3.05, 3.63) is 36.1 Å². The summed E-state index contributed by atoms with van der Waals surface area (Å²) in [5.74, 6) is 0.0465. The molecule has 1 atom stereocenters. The van der Waals surface area contributed by atoms with Crippen LogP contribution in [0.2, 0.25) is 0 Å². The van der Waals surface area contributed by atoms with E-state index in [1.54, 1.807) is 6.20 Å². The standard InChI is InChI=1S/C16H21NO3/c1-16(2,3)20-15(19)17-10-9-13(18)11-14(17)12-7-5-4-6-8-12/h4-5,7,9-10,14H,6,8,11H2,1-3H3.